The monoisotopic (exact) mass is 353 g/mol. The molecule has 1 unspecified atom stereocenters. The Morgan fingerprint density at radius 3 is 2.00 bits per heavy atom. The Balaban J connectivity index is 1.75. The van der Waals surface area contributed by atoms with E-state index in [2.05, 4.69) is 6.42 Å². The molecule has 0 aromatic heterocycles. The molecule has 1 aliphatic carbocycles. The first-order chi connectivity index (χ1) is 12.2. The van der Waals surface area contributed by atoms with Gasteiger partial charge in [-0.1, -0.05) is 51.4 Å². The summed E-state index contributed by atoms with van der Waals surface area (Å²) in [5.41, 5.74) is 0. The molecule has 5 nitrogen and oxygen atoms in total. The van der Waals surface area contributed by atoms with Gasteiger partial charge in [-0.15, -0.1) is 0 Å². The van der Waals surface area contributed by atoms with Crippen molar-refractivity contribution in [3.05, 3.63) is 16.5 Å². The molecule has 1 rings (SSSR count). The Kier molecular flexibility index (Phi) is 13.5. The predicted octanol–water partition coefficient (Wildman–Crippen LogP) is 5.20. The fourth-order valence-corrected chi connectivity index (χ4v) is 3.37. The van der Waals surface area contributed by atoms with Crippen LogP contribution >= 0.6 is 0 Å². The quantitative estimate of drug-likeness (QED) is 0.217. The van der Waals surface area contributed by atoms with Gasteiger partial charge in [0.05, 0.1) is 6.10 Å². The highest BCUT2D eigenvalue weighted by Crippen LogP contribution is 2.20. The zero-order chi connectivity index (χ0) is 18.2. The Labute approximate surface area is 153 Å². The van der Waals surface area contributed by atoms with Gasteiger partial charge in [0.2, 0.25) is 0 Å². The molecule has 1 saturated carbocycles. The molecule has 0 heterocycles. The smallest absolute Gasteiger partial charge is 0.278 e. The molecule has 0 bridgehead atoms. The minimum Gasteiger partial charge on any atom is -0.378 e. The number of unbranched alkanes of at least 4 members (excludes halogenated alkanes) is 9. The van der Waals surface area contributed by atoms with Gasteiger partial charge in [0, 0.05) is 18.0 Å². The first kappa shape index (κ1) is 22.1. The van der Waals surface area contributed by atoms with Crippen LogP contribution in [-0.4, -0.2) is 30.0 Å². The summed E-state index contributed by atoms with van der Waals surface area (Å²) in [7, 11) is 0. The highest BCUT2D eigenvalue weighted by Gasteiger charge is 2.18. The van der Waals surface area contributed by atoms with Gasteiger partial charge < -0.3 is 4.74 Å². The molecule has 0 N–H and O–H groups in total. The van der Waals surface area contributed by atoms with Crippen LogP contribution < -0.4 is 0 Å². The van der Waals surface area contributed by atoms with Crippen molar-refractivity contribution in [1.29, 1.82) is 0 Å². The van der Waals surface area contributed by atoms with Gasteiger partial charge in [-0.25, -0.2) is 0 Å². The van der Waals surface area contributed by atoms with Crippen LogP contribution in [0.2, 0.25) is 0 Å². The molecule has 1 atom stereocenters. The van der Waals surface area contributed by atoms with Crippen molar-refractivity contribution >= 4 is 6.29 Å². The van der Waals surface area contributed by atoms with Gasteiger partial charge in [-0.2, -0.15) is 0 Å². The number of hydrogen-bond acceptors (Lipinski definition) is 4. The standard InChI is InChI=1S/C20H35NO4/c22-18-19(21(23)24)14-10-7-5-3-1-2-4-6-8-13-17-25-20-15-11-9-12-16-20/h9,19-20H,1-8,10-17H2. The molecular formula is C20H35NO4. The van der Waals surface area contributed by atoms with Crippen LogP contribution in [0.25, 0.3) is 0 Å². The minimum absolute atomic E-state index is 0.331. The third-order valence-electron chi connectivity index (χ3n) is 5.00. The summed E-state index contributed by atoms with van der Waals surface area (Å²) in [5, 5.41) is 10.5. The van der Waals surface area contributed by atoms with Crippen molar-refractivity contribution in [1.82, 2.24) is 0 Å². The lowest BCUT2D eigenvalue weighted by molar-refractivity contribution is -0.503. The Morgan fingerprint density at radius 2 is 1.48 bits per heavy atom. The van der Waals surface area contributed by atoms with Crippen LogP contribution in [0.15, 0.2) is 0 Å². The van der Waals surface area contributed by atoms with E-state index in [-0.39, 0.29) is 0 Å². The summed E-state index contributed by atoms with van der Waals surface area (Å²) in [6, 6.07) is -1.12. The maximum atomic E-state index is 10.5. The van der Waals surface area contributed by atoms with Gasteiger partial charge in [0.15, 0.2) is 0 Å². The molecule has 25 heavy (non-hydrogen) atoms. The molecule has 0 aromatic rings. The van der Waals surface area contributed by atoms with Crippen LogP contribution in [0.4, 0.5) is 0 Å². The largest absolute Gasteiger partial charge is 0.378 e. The van der Waals surface area contributed by atoms with Gasteiger partial charge in [-0.05, 0) is 44.9 Å². The molecule has 0 aliphatic heterocycles. The van der Waals surface area contributed by atoms with E-state index in [4.69, 9.17) is 4.74 Å². The predicted molar refractivity (Wildman–Crippen MR) is 99.8 cm³/mol. The van der Waals surface area contributed by atoms with Crippen molar-refractivity contribution in [3.63, 3.8) is 0 Å². The molecule has 5 heteroatoms. The third-order valence-corrected chi connectivity index (χ3v) is 5.00. The second kappa shape index (κ2) is 15.3. The van der Waals surface area contributed by atoms with Crippen molar-refractivity contribution < 1.29 is 14.5 Å². The summed E-state index contributed by atoms with van der Waals surface area (Å²) < 4.78 is 5.92. The summed E-state index contributed by atoms with van der Waals surface area (Å²) in [5.74, 6) is 0. The topological polar surface area (TPSA) is 69.4 Å². The van der Waals surface area contributed by atoms with Crippen molar-refractivity contribution in [2.75, 3.05) is 6.61 Å². The minimum atomic E-state index is -1.12. The lowest BCUT2D eigenvalue weighted by Crippen LogP contribution is -2.20. The van der Waals surface area contributed by atoms with E-state index in [1.54, 1.807) is 0 Å². The maximum Gasteiger partial charge on any atom is 0.278 e. The van der Waals surface area contributed by atoms with E-state index in [0.29, 0.717) is 12.5 Å². The van der Waals surface area contributed by atoms with Crippen LogP contribution in [0.1, 0.15) is 96.3 Å². The van der Waals surface area contributed by atoms with Gasteiger partial charge in [-0.3, -0.25) is 14.9 Å². The molecule has 1 fully saturated rings. The van der Waals surface area contributed by atoms with Crippen LogP contribution in [0, 0.1) is 16.5 Å². The third kappa shape index (κ3) is 12.1. The normalized spacial score (nSPS) is 16.6. The molecule has 0 saturated heterocycles. The highest BCUT2D eigenvalue weighted by molar-refractivity contribution is 5.56. The van der Waals surface area contributed by atoms with Crippen molar-refractivity contribution in [2.24, 2.45) is 0 Å². The Morgan fingerprint density at radius 1 is 0.960 bits per heavy atom. The zero-order valence-corrected chi connectivity index (χ0v) is 15.6. The van der Waals surface area contributed by atoms with Crippen LogP contribution in [-0.2, 0) is 9.53 Å². The van der Waals surface area contributed by atoms with Gasteiger partial charge in [0.1, 0.15) is 0 Å². The Bertz CT molecular complexity index is 343. The fourth-order valence-electron chi connectivity index (χ4n) is 3.37. The van der Waals surface area contributed by atoms with E-state index in [9.17, 15) is 14.9 Å². The molecule has 1 aliphatic rings. The summed E-state index contributed by atoms with van der Waals surface area (Å²) >= 11 is 0. The van der Waals surface area contributed by atoms with Crippen LogP contribution in [0.5, 0.6) is 0 Å². The fraction of sp³-hybridized carbons (Fsp3) is 0.900. The second-order valence-electron chi connectivity index (χ2n) is 7.18. The molecule has 2 radical (unpaired) electrons. The SMILES string of the molecule is O=[C]C(CCCCCCCCCCCCOC1CC[CH]CC1)[N+](=O)[O-]. The lowest BCUT2D eigenvalue weighted by Gasteiger charge is -2.21. The summed E-state index contributed by atoms with van der Waals surface area (Å²) in [6.07, 6.45) is 21.1. The summed E-state index contributed by atoms with van der Waals surface area (Å²) in [4.78, 5) is 20.3. The van der Waals surface area contributed by atoms with Crippen molar-refractivity contribution in [3.8, 4) is 0 Å². The average Bonchev–Trinajstić information content (AvgIpc) is 2.62. The zero-order valence-electron chi connectivity index (χ0n) is 15.6. The van der Waals surface area contributed by atoms with E-state index >= 15 is 0 Å². The number of rotatable bonds is 16. The number of ether oxygens (including phenoxy) is 1. The molecule has 144 valence electrons. The van der Waals surface area contributed by atoms with Crippen LogP contribution in [0.3, 0.4) is 0 Å². The molecule has 0 spiro atoms. The van der Waals surface area contributed by atoms with Crippen molar-refractivity contribution in [2.45, 2.75) is 108 Å². The highest BCUT2D eigenvalue weighted by atomic mass is 16.6. The van der Waals surface area contributed by atoms with E-state index < -0.39 is 11.0 Å². The first-order valence-electron chi connectivity index (χ1n) is 10.2. The molecule has 0 aromatic carbocycles. The summed E-state index contributed by atoms with van der Waals surface area (Å²) in [6.45, 7) is 0.925. The van der Waals surface area contributed by atoms with Gasteiger partial charge >= 0.3 is 0 Å². The number of nitro groups is 1. The molecule has 0 amide bonds. The maximum absolute atomic E-state index is 10.5. The van der Waals surface area contributed by atoms with E-state index in [1.807, 2.05) is 0 Å². The Hall–Kier alpha value is -0.970. The average molecular weight is 354 g/mol. The number of hydrogen-bond donors (Lipinski definition) is 0. The first-order valence-corrected chi connectivity index (χ1v) is 10.2. The van der Waals surface area contributed by atoms with E-state index in [0.717, 1.165) is 25.9 Å². The second-order valence-corrected chi connectivity index (χ2v) is 7.18. The number of carbonyl (C=O) groups excluding carboxylic acids is 1. The van der Waals surface area contributed by atoms with E-state index in [1.165, 1.54) is 76.9 Å². The van der Waals surface area contributed by atoms with Gasteiger partial charge in [0.25, 0.3) is 12.3 Å². The molecular weight excluding hydrogens is 318 g/mol. The lowest BCUT2D eigenvalue weighted by atomic mass is 9.98. The number of nitrogens with zero attached hydrogens (tertiary/aromatic N) is 1.